The zero-order valence-corrected chi connectivity index (χ0v) is 30.7. The zero-order chi connectivity index (χ0) is 34.8. The van der Waals surface area contributed by atoms with Crippen LogP contribution in [0.5, 0.6) is 5.75 Å². The minimum atomic E-state index is 0.329. The number of hydrogen-bond acceptors (Lipinski definition) is 6. The highest BCUT2D eigenvalue weighted by Gasteiger charge is 2.29. The second kappa shape index (κ2) is 14.4. The van der Waals surface area contributed by atoms with Crippen LogP contribution in [0.1, 0.15) is 39.2 Å². The molecule has 0 saturated carbocycles. The van der Waals surface area contributed by atoms with Crippen molar-refractivity contribution in [2.75, 3.05) is 32.1 Å². The molecule has 50 heavy (non-hydrogen) atoms. The number of benzene rings is 5. The van der Waals surface area contributed by atoms with Crippen LogP contribution in [0, 0.1) is 18.3 Å². The average Bonchev–Trinajstić information content (AvgIpc) is 3.13. The van der Waals surface area contributed by atoms with E-state index < -0.39 is 0 Å². The Kier molecular flexibility index (Phi) is 9.73. The summed E-state index contributed by atoms with van der Waals surface area (Å²) in [5, 5.41) is 2.03. The Morgan fingerprint density at radius 2 is 1.52 bits per heavy atom. The highest BCUT2D eigenvalue weighted by Crippen LogP contribution is 2.45. The molecule has 0 N–H and O–H groups in total. The van der Waals surface area contributed by atoms with Gasteiger partial charge >= 0.3 is 0 Å². The van der Waals surface area contributed by atoms with E-state index in [2.05, 4.69) is 147 Å². The fourth-order valence-corrected chi connectivity index (χ4v) is 7.48. The zero-order valence-electron chi connectivity index (χ0n) is 29.9. The van der Waals surface area contributed by atoms with Gasteiger partial charge in [-0.05, 0) is 67.5 Å². The van der Waals surface area contributed by atoms with Gasteiger partial charge in [0.15, 0.2) is 5.75 Å². The maximum Gasteiger partial charge on any atom is 0.209 e. The van der Waals surface area contributed by atoms with Gasteiger partial charge in [-0.1, -0.05) is 79.2 Å². The Balaban J connectivity index is 1.29. The van der Waals surface area contributed by atoms with E-state index in [1.807, 2.05) is 24.3 Å². The van der Waals surface area contributed by atoms with E-state index in [1.165, 1.54) is 17.8 Å². The second-order valence-corrected chi connectivity index (χ2v) is 15.2. The maximum atomic E-state index is 6.78. The number of hydrogen-bond donors (Lipinski definition) is 0. The molecule has 1 aliphatic carbocycles. The Bertz CT molecular complexity index is 2130. The summed E-state index contributed by atoms with van der Waals surface area (Å²) in [5.41, 5.74) is 8.57. The van der Waals surface area contributed by atoms with E-state index in [4.69, 9.17) is 13.6 Å². The summed E-state index contributed by atoms with van der Waals surface area (Å²) >= 11 is 1.30. The fraction of sp³-hybridized carbons (Fsp3) is 0.279. The number of para-hydroxylation sites is 2. The summed E-state index contributed by atoms with van der Waals surface area (Å²) in [4.78, 5) is 8.28. The van der Waals surface area contributed by atoms with Gasteiger partial charge in [-0.2, -0.15) is 4.58 Å². The molecular weight excluding hydrogens is 639 g/mol. The first-order valence-electron chi connectivity index (χ1n) is 17.4. The van der Waals surface area contributed by atoms with Gasteiger partial charge in [0.2, 0.25) is 11.0 Å². The molecule has 0 bridgehead atoms. The highest BCUT2D eigenvalue weighted by molar-refractivity contribution is 7.92. The molecular formula is C43H46N3O3S+. The lowest BCUT2D eigenvalue weighted by Gasteiger charge is -2.37. The van der Waals surface area contributed by atoms with Gasteiger partial charge in [0.25, 0.3) is 0 Å². The first-order chi connectivity index (χ1) is 24.2. The molecule has 2 heterocycles. The number of anilines is 2. The van der Waals surface area contributed by atoms with Gasteiger partial charge in [-0.15, -0.1) is 0 Å². The molecule has 3 aliphatic rings. The van der Waals surface area contributed by atoms with E-state index in [0.717, 1.165) is 87.7 Å². The van der Waals surface area contributed by atoms with Crippen molar-refractivity contribution in [2.45, 2.75) is 40.5 Å². The normalized spacial score (nSPS) is 15.0. The third-order valence-electron chi connectivity index (χ3n) is 10.1. The van der Waals surface area contributed by atoms with Crippen molar-refractivity contribution in [3.05, 3.63) is 126 Å². The topological polar surface area (TPSA) is 41.1 Å². The minimum Gasteiger partial charge on any atom is -0.456 e. The van der Waals surface area contributed by atoms with Crippen molar-refractivity contribution < 1.29 is 13.6 Å². The lowest BCUT2D eigenvalue weighted by Crippen LogP contribution is -2.34. The van der Waals surface area contributed by atoms with Crippen LogP contribution in [-0.4, -0.2) is 31.5 Å². The van der Waals surface area contributed by atoms with Crippen LogP contribution in [0.3, 0.4) is 0 Å². The molecule has 2 aliphatic heterocycles. The third-order valence-corrected chi connectivity index (χ3v) is 10.8. The first-order valence-corrected chi connectivity index (χ1v) is 18.1. The van der Waals surface area contributed by atoms with Crippen LogP contribution in [0.25, 0.3) is 33.4 Å². The molecule has 0 aromatic heterocycles. The summed E-state index contributed by atoms with van der Waals surface area (Å²) in [6, 6.07) is 39.9. The monoisotopic (exact) mass is 684 g/mol. The molecule has 7 rings (SSSR count). The number of rotatable bonds is 8. The van der Waals surface area contributed by atoms with Gasteiger partial charge in [-0.3, -0.25) is 0 Å². The summed E-state index contributed by atoms with van der Waals surface area (Å²) in [6.45, 7) is 11.1. The van der Waals surface area contributed by atoms with Gasteiger partial charge in [0.05, 0.1) is 6.07 Å². The highest BCUT2D eigenvalue weighted by atomic mass is 32.2. The summed E-state index contributed by atoms with van der Waals surface area (Å²) in [6.07, 6.45) is 2.31. The van der Waals surface area contributed by atoms with Gasteiger partial charge in [0.1, 0.15) is 30.6 Å². The second-order valence-electron chi connectivity index (χ2n) is 14.4. The molecule has 1 saturated heterocycles. The number of nitrogens with zero attached hydrogens (tertiary/aromatic N) is 3. The molecule has 4 aromatic rings. The van der Waals surface area contributed by atoms with Crippen LogP contribution in [0.4, 0.5) is 17.1 Å². The van der Waals surface area contributed by atoms with Crippen LogP contribution in [-0.2, 0) is 4.33 Å². The maximum absolute atomic E-state index is 6.78. The van der Waals surface area contributed by atoms with Crippen LogP contribution < -0.4 is 19.7 Å². The first kappa shape index (κ1) is 33.9. The van der Waals surface area contributed by atoms with E-state index in [9.17, 15) is 0 Å². The minimum absolute atomic E-state index is 0.329. The Labute approximate surface area is 300 Å². The lowest BCUT2D eigenvalue weighted by atomic mass is 9.76. The van der Waals surface area contributed by atoms with E-state index in [-0.39, 0.29) is 0 Å². The van der Waals surface area contributed by atoms with Crippen molar-refractivity contribution >= 4 is 40.3 Å². The van der Waals surface area contributed by atoms with E-state index >= 15 is 0 Å². The largest absolute Gasteiger partial charge is 0.456 e. The number of aryl methyl sites for hydroxylation is 1. The lowest BCUT2D eigenvalue weighted by molar-refractivity contribution is -0.0826. The SMILES string of the molecule is Cc1ccc(/[N+](C)=c2\ccc3c(-c4ccccc4OOSN4CCC(C(C)(C)C)CC4)c4ccc(N(C)c5ccccc5)cc4oc-3c2)cc1. The summed E-state index contributed by atoms with van der Waals surface area (Å²) in [5.74, 6) is 2.16. The predicted octanol–water partition coefficient (Wildman–Crippen LogP) is 10.6. The molecule has 0 amide bonds. The van der Waals surface area contributed by atoms with Crippen molar-refractivity contribution in [2.24, 2.45) is 11.3 Å². The van der Waals surface area contributed by atoms with Gasteiger partial charge in [-0.25, -0.2) is 4.31 Å². The summed E-state index contributed by atoms with van der Waals surface area (Å²) < 4.78 is 17.1. The van der Waals surface area contributed by atoms with Crippen molar-refractivity contribution in [1.29, 1.82) is 0 Å². The number of fused-ring (bicyclic) bond motifs is 2. The molecule has 7 heteroatoms. The van der Waals surface area contributed by atoms with Crippen molar-refractivity contribution in [3.63, 3.8) is 0 Å². The Morgan fingerprint density at radius 3 is 2.26 bits per heavy atom. The van der Waals surface area contributed by atoms with E-state index in [1.54, 1.807) is 0 Å². The van der Waals surface area contributed by atoms with Gasteiger partial charge < -0.3 is 14.2 Å². The molecule has 256 valence electrons. The van der Waals surface area contributed by atoms with Crippen LogP contribution >= 0.6 is 12.2 Å². The predicted molar refractivity (Wildman–Crippen MR) is 208 cm³/mol. The van der Waals surface area contributed by atoms with Crippen molar-refractivity contribution in [3.8, 4) is 28.2 Å². The fourth-order valence-electron chi connectivity index (χ4n) is 6.93. The molecule has 0 radical (unpaired) electrons. The quantitative estimate of drug-likeness (QED) is 0.0397. The third kappa shape index (κ3) is 7.17. The Hall–Kier alpha value is -4.56. The van der Waals surface area contributed by atoms with E-state index in [0.29, 0.717) is 11.2 Å². The molecule has 4 aromatic carbocycles. The van der Waals surface area contributed by atoms with Crippen molar-refractivity contribution in [1.82, 2.24) is 8.88 Å². The van der Waals surface area contributed by atoms with Crippen LogP contribution in [0.15, 0.2) is 120 Å². The standard InChI is InChI=1S/C43H46N3O3S/c1-30-16-18-33(19-17-30)45(6)35-21-23-38-41(29-35)47-40-28-34(44(5)32-12-8-7-9-13-32)20-22-37(40)42(38)36-14-10-11-15-39(36)48-49-50-46-26-24-31(25-27-46)43(2,3)4/h7-23,28-29,31H,24-27H2,1-6H3/q+1. The molecule has 6 nitrogen and oxygen atoms in total. The molecule has 0 unspecified atom stereocenters. The molecule has 1 fully saturated rings. The number of piperidine rings is 1. The Morgan fingerprint density at radius 1 is 0.800 bits per heavy atom. The van der Waals surface area contributed by atoms with Gasteiger partial charge in [0, 0.05) is 77.9 Å². The average molecular weight is 685 g/mol. The summed E-state index contributed by atoms with van der Waals surface area (Å²) in [7, 11) is 4.17. The van der Waals surface area contributed by atoms with Crippen LogP contribution in [0.2, 0.25) is 0 Å². The molecule has 0 spiro atoms. The molecule has 0 atom stereocenters. The smallest absolute Gasteiger partial charge is 0.209 e.